The highest BCUT2D eigenvalue weighted by atomic mass is 35.5. The van der Waals surface area contributed by atoms with Gasteiger partial charge in [0.1, 0.15) is 5.82 Å². The highest BCUT2D eigenvalue weighted by Gasteiger charge is 2.24. The van der Waals surface area contributed by atoms with Gasteiger partial charge in [0.25, 0.3) is 5.56 Å². The molecule has 2 N–H and O–H groups in total. The van der Waals surface area contributed by atoms with Crippen LogP contribution in [0.25, 0.3) is 5.69 Å². The van der Waals surface area contributed by atoms with Crippen LogP contribution in [0.15, 0.2) is 52.1 Å². The fourth-order valence-electron chi connectivity index (χ4n) is 3.72. The summed E-state index contributed by atoms with van der Waals surface area (Å²) in [5.41, 5.74) is 1.19. The van der Waals surface area contributed by atoms with Gasteiger partial charge in [0, 0.05) is 13.1 Å². The Kier molecular flexibility index (Phi) is 6.01. The molecule has 0 unspecified atom stereocenters. The topological polar surface area (TPSA) is 88.6 Å². The van der Waals surface area contributed by atoms with Crippen molar-refractivity contribution in [3.63, 3.8) is 0 Å². The average Bonchev–Trinajstić information content (AvgIpc) is 2.78. The second-order valence-electron chi connectivity index (χ2n) is 7.20. The van der Waals surface area contributed by atoms with Crippen LogP contribution >= 0.6 is 11.6 Å². The van der Waals surface area contributed by atoms with E-state index in [9.17, 15) is 9.59 Å². The molecule has 2 heterocycles. The quantitative estimate of drug-likeness (QED) is 0.610. The average molecular weight is 443 g/mol. The van der Waals surface area contributed by atoms with Crippen LogP contribution in [0.2, 0.25) is 5.02 Å². The Labute approximate surface area is 184 Å². The first kappa shape index (κ1) is 21.0. The SMILES string of the molecule is COc1ccc(CCN2CNc3c(c(=O)[nH]c(=O)n3-c3ccccc3Cl)C2)cc1OC. The number of nitrogens with one attached hydrogen (secondary N) is 2. The minimum absolute atomic E-state index is 0.397. The molecule has 3 aromatic rings. The van der Waals surface area contributed by atoms with Crippen molar-refractivity contribution in [2.45, 2.75) is 13.0 Å². The fourth-order valence-corrected chi connectivity index (χ4v) is 3.94. The van der Waals surface area contributed by atoms with Crippen LogP contribution in [0.3, 0.4) is 0 Å². The van der Waals surface area contributed by atoms with Gasteiger partial charge in [-0.05, 0) is 36.2 Å². The van der Waals surface area contributed by atoms with Crippen LogP contribution < -0.4 is 26.0 Å². The molecule has 31 heavy (non-hydrogen) atoms. The maximum absolute atomic E-state index is 12.5. The number of methoxy groups -OCH3 is 2. The number of fused-ring (bicyclic) bond motifs is 1. The summed E-state index contributed by atoms with van der Waals surface area (Å²) in [6, 6.07) is 12.9. The highest BCUT2D eigenvalue weighted by molar-refractivity contribution is 6.32. The van der Waals surface area contributed by atoms with Crippen molar-refractivity contribution in [3.05, 3.63) is 79.5 Å². The molecule has 0 atom stereocenters. The zero-order valence-corrected chi connectivity index (χ0v) is 18.0. The monoisotopic (exact) mass is 442 g/mol. The lowest BCUT2D eigenvalue weighted by Crippen LogP contribution is -2.43. The third kappa shape index (κ3) is 4.17. The molecule has 162 valence electrons. The second kappa shape index (κ2) is 8.87. The molecular formula is C22H23ClN4O4. The summed E-state index contributed by atoms with van der Waals surface area (Å²) in [7, 11) is 3.21. The van der Waals surface area contributed by atoms with E-state index >= 15 is 0 Å². The summed E-state index contributed by atoms with van der Waals surface area (Å²) < 4.78 is 12.1. The lowest BCUT2D eigenvalue weighted by molar-refractivity contribution is 0.275. The van der Waals surface area contributed by atoms with E-state index in [0.717, 1.165) is 12.0 Å². The maximum Gasteiger partial charge on any atom is 0.334 e. The van der Waals surface area contributed by atoms with Gasteiger partial charge in [-0.15, -0.1) is 0 Å². The largest absolute Gasteiger partial charge is 0.493 e. The number of rotatable bonds is 6. The molecule has 0 spiro atoms. The molecule has 0 aliphatic carbocycles. The smallest absolute Gasteiger partial charge is 0.334 e. The molecule has 8 nitrogen and oxygen atoms in total. The minimum Gasteiger partial charge on any atom is -0.493 e. The van der Waals surface area contributed by atoms with Crippen molar-refractivity contribution in [1.82, 2.24) is 14.5 Å². The Bertz CT molecular complexity index is 1220. The van der Waals surface area contributed by atoms with Crippen LogP contribution in [0.1, 0.15) is 11.1 Å². The summed E-state index contributed by atoms with van der Waals surface area (Å²) in [6.07, 6.45) is 0.763. The summed E-state index contributed by atoms with van der Waals surface area (Å²) in [4.78, 5) is 29.6. The van der Waals surface area contributed by atoms with Gasteiger partial charge < -0.3 is 14.8 Å². The van der Waals surface area contributed by atoms with Gasteiger partial charge in [-0.3, -0.25) is 14.7 Å². The van der Waals surface area contributed by atoms with Gasteiger partial charge in [0.15, 0.2) is 11.5 Å². The Morgan fingerprint density at radius 3 is 2.58 bits per heavy atom. The Morgan fingerprint density at radius 2 is 1.84 bits per heavy atom. The molecule has 0 radical (unpaired) electrons. The number of ether oxygens (including phenoxy) is 2. The first-order valence-corrected chi connectivity index (χ1v) is 10.2. The van der Waals surface area contributed by atoms with Crippen molar-refractivity contribution in [2.75, 3.05) is 32.7 Å². The van der Waals surface area contributed by atoms with Crippen LogP contribution in [0.4, 0.5) is 5.82 Å². The summed E-state index contributed by atoms with van der Waals surface area (Å²) in [5, 5.41) is 3.66. The van der Waals surface area contributed by atoms with Gasteiger partial charge in [-0.2, -0.15) is 0 Å². The maximum atomic E-state index is 12.5. The fraction of sp³-hybridized carbons (Fsp3) is 0.273. The zero-order chi connectivity index (χ0) is 22.0. The zero-order valence-electron chi connectivity index (χ0n) is 17.3. The number of hydrogen-bond donors (Lipinski definition) is 2. The lowest BCUT2D eigenvalue weighted by atomic mass is 10.1. The number of para-hydroxylation sites is 1. The van der Waals surface area contributed by atoms with E-state index in [2.05, 4.69) is 15.2 Å². The predicted octanol–water partition coefficient (Wildman–Crippen LogP) is 2.62. The van der Waals surface area contributed by atoms with Crippen molar-refractivity contribution in [1.29, 1.82) is 0 Å². The standard InChI is InChI=1S/C22H23ClN4O4/c1-30-18-8-7-14(11-19(18)31-2)9-10-26-12-15-20(24-13-26)27(22(29)25-21(15)28)17-6-4-3-5-16(17)23/h3-8,11,24H,9-10,12-13H2,1-2H3,(H,25,28,29). The number of hydrogen-bond acceptors (Lipinski definition) is 6. The van der Waals surface area contributed by atoms with Crippen molar-refractivity contribution >= 4 is 17.4 Å². The van der Waals surface area contributed by atoms with E-state index in [1.165, 1.54) is 4.57 Å². The van der Waals surface area contributed by atoms with E-state index in [1.54, 1.807) is 38.5 Å². The number of H-pyrrole nitrogens is 1. The molecule has 0 amide bonds. The van der Waals surface area contributed by atoms with E-state index in [-0.39, 0.29) is 0 Å². The van der Waals surface area contributed by atoms with Crippen molar-refractivity contribution < 1.29 is 9.47 Å². The molecule has 2 aromatic carbocycles. The molecule has 1 aliphatic rings. The van der Waals surface area contributed by atoms with Gasteiger partial charge in [-0.1, -0.05) is 29.8 Å². The van der Waals surface area contributed by atoms with Crippen LogP contribution in [0, 0.1) is 0 Å². The number of aromatic nitrogens is 2. The van der Waals surface area contributed by atoms with Gasteiger partial charge >= 0.3 is 5.69 Å². The van der Waals surface area contributed by atoms with Gasteiger partial charge in [0.2, 0.25) is 0 Å². The van der Waals surface area contributed by atoms with E-state index in [0.29, 0.717) is 53.3 Å². The molecule has 0 saturated carbocycles. The second-order valence-corrected chi connectivity index (χ2v) is 7.61. The molecule has 0 saturated heterocycles. The van der Waals surface area contributed by atoms with E-state index in [4.69, 9.17) is 21.1 Å². The third-order valence-electron chi connectivity index (χ3n) is 5.32. The third-order valence-corrected chi connectivity index (χ3v) is 5.64. The van der Waals surface area contributed by atoms with Crippen molar-refractivity contribution in [3.8, 4) is 17.2 Å². The number of halogens is 1. The minimum atomic E-state index is -0.525. The number of aromatic amines is 1. The van der Waals surface area contributed by atoms with Crippen LogP contribution in [0.5, 0.6) is 11.5 Å². The molecular weight excluding hydrogens is 420 g/mol. The molecule has 0 fully saturated rings. The number of nitrogens with zero attached hydrogens (tertiary/aromatic N) is 2. The van der Waals surface area contributed by atoms with E-state index in [1.807, 2.05) is 18.2 Å². The normalized spacial score (nSPS) is 13.4. The molecule has 0 bridgehead atoms. The van der Waals surface area contributed by atoms with Crippen LogP contribution in [-0.2, 0) is 13.0 Å². The summed E-state index contributed by atoms with van der Waals surface area (Å²) in [5.74, 6) is 1.84. The van der Waals surface area contributed by atoms with E-state index < -0.39 is 11.2 Å². The van der Waals surface area contributed by atoms with Crippen LogP contribution in [-0.4, -0.2) is 41.9 Å². The summed E-state index contributed by atoms with van der Waals surface area (Å²) in [6.45, 7) is 1.62. The molecule has 1 aromatic heterocycles. The lowest BCUT2D eigenvalue weighted by Gasteiger charge is -2.30. The molecule has 4 rings (SSSR count). The molecule has 9 heteroatoms. The Hall–Kier alpha value is -3.23. The van der Waals surface area contributed by atoms with Gasteiger partial charge in [-0.25, -0.2) is 9.36 Å². The first-order chi connectivity index (χ1) is 15.0. The number of benzene rings is 2. The number of anilines is 1. The Morgan fingerprint density at radius 1 is 1.06 bits per heavy atom. The highest BCUT2D eigenvalue weighted by Crippen LogP contribution is 2.28. The van der Waals surface area contributed by atoms with Gasteiger partial charge in [0.05, 0.1) is 37.2 Å². The Balaban J connectivity index is 1.57. The summed E-state index contributed by atoms with van der Waals surface area (Å²) >= 11 is 6.30. The molecule has 1 aliphatic heterocycles. The first-order valence-electron chi connectivity index (χ1n) is 9.82. The predicted molar refractivity (Wildman–Crippen MR) is 120 cm³/mol. The van der Waals surface area contributed by atoms with Crippen molar-refractivity contribution in [2.24, 2.45) is 0 Å².